The number of hydrogen-bond acceptors (Lipinski definition) is 4. The fraction of sp³-hybridized carbons (Fsp3) is 0.192. The number of alkyl carbamates (subject to hydrolysis) is 1. The molecule has 2 aromatic carbocycles. The lowest BCUT2D eigenvalue weighted by molar-refractivity contribution is 0.101. The monoisotopic (exact) mass is 412 g/mol. The third-order valence-corrected chi connectivity index (χ3v) is 5.34. The zero-order valence-electron chi connectivity index (χ0n) is 17.4. The molecule has 5 nitrogen and oxygen atoms in total. The summed E-state index contributed by atoms with van der Waals surface area (Å²) in [6.07, 6.45) is 3.96. The van der Waals surface area contributed by atoms with Crippen molar-refractivity contribution in [2.75, 3.05) is 13.2 Å². The molecule has 1 heterocycles. The Labute approximate surface area is 181 Å². The summed E-state index contributed by atoms with van der Waals surface area (Å²) in [5.74, 6) is -0.00940. The molecule has 5 heteroatoms. The number of Topliss-reactive ketones (excluding diaryl/α,β-unsaturated/α-hetero) is 1. The van der Waals surface area contributed by atoms with E-state index in [2.05, 4.69) is 34.6 Å². The predicted molar refractivity (Wildman–Crippen MR) is 121 cm³/mol. The number of nitrogens with one attached hydrogen (secondary N) is 1. The Balaban J connectivity index is 1.27. The highest BCUT2D eigenvalue weighted by atomic mass is 16.5. The summed E-state index contributed by atoms with van der Waals surface area (Å²) < 4.78 is 5.52. The molecule has 0 saturated carbocycles. The molecule has 1 aromatic heterocycles. The lowest BCUT2D eigenvalue weighted by Crippen LogP contribution is -2.26. The van der Waals surface area contributed by atoms with Gasteiger partial charge >= 0.3 is 6.09 Å². The van der Waals surface area contributed by atoms with E-state index in [1.165, 1.54) is 29.2 Å². The lowest BCUT2D eigenvalue weighted by atomic mass is 9.98. The van der Waals surface area contributed by atoms with Gasteiger partial charge in [-0.15, -0.1) is 0 Å². The van der Waals surface area contributed by atoms with Crippen LogP contribution >= 0.6 is 0 Å². The molecule has 4 rings (SSSR count). The van der Waals surface area contributed by atoms with Crippen LogP contribution in [0.3, 0.4) is 0 Å². The second-order valence-electron chi connectivity index (χ2n) is 7.45. The topological polar surface area (TPSA) is 68.3 Å². The second kappa shape index (κ2) is 9.39. The second-order valence-corrected chi connectivity index (χ2v) is 7.45. The first kappa shape index (κ1) is 20.5. The molecular formula is C26H24N2O3. The summed E-state index contributed by atoms with van der Waals surface area (Å²) in [6, 6.07) is 21.9. The summed E-state index contributed by atoms with van der Waals surface area (Å²) >= 11 is 0. The quantitative estimate of drug-likeness (QED) is 0.426. The van der Waals surface area contributed by atoms with E-state index in [4.69, 9.17) is 4.74 Å². The van der Waals surface area contributed by atoms with Gasteiger partial charge in [-0.2, -0.15) is 0 Å². The summed E-state index contributed by atoms with van der Waals surface area (Å²) in [4.78, 5) is 27.8. The van der Waals surface area contributed by atoms with Crippen LogP contribution in [0.15, 0.2) is 72.8 Å². The molecule has 1 aliphatic carbocycles. The fourth-order valence-electron chi connectivity index (χ4n) is 3.85. The Hall–Kier alpha value is -3.73. The maximum atomic E-state index is 12.2. The number of ether oxygens (including phenoxy) is 1. The van der Waals surface area contributed by atoms with E-state index in [0.29, 0.717) is 31.0 Å². The molecule has 0 bridgehead atoms. The van der Waals surface area contributed by atoms with E-state index in [9.17, 15) is 9.59 Å². The van der Waals surface area contributed by atoms with Crippen molar-refractivity contribution in [3.63, 3.8) is 0 Å². The number of carbonyl (C=O) groups excluding carboxylic acids is 2. The van der Waals surface area contributed by atoms with Gasteiger partial charge in [0.25, 0.3) is 0 Å². The maximum Gasteiger partial charge on any atom is 0.407 e. The van der Waals surface area contributed by atoms with Crippen LogP contribution in [-0.2, 0) is 4.74 Å². The minimum atomic E-state index is -0.424. The molecule has 0 spiro atoms. The van der Waals surface area contributed by atoms with Crippen LogP contribution in [0, 0.1) is 0 Å². The van der Waals surface area contributed by atoms with Gasteiger partial charge in [0, 0.05) is 19.4 Å². The van der Waals surface area contributed by atoms with Crippen LogP contribution in [0.5, 0.6) is 0 Å². The Morgan fingerprint density at radius 2 is 1.65 bits per heavy atom. The van der Waals surface area contributed by atoms with Crippen LogP contribution in [-0.4, -0.2) is 30.0 Å². The standard InChI is InChI=1S/C26H24N2O3/c1-18(29)25-15-8-10-19(28-25)9-6-7-16-27-26(30)31-17-24-22-13-4-2-11-20(22)21-12-3-5-14-23(21)24/h2-6,8-15,24H,7,16-17H2,1H3,(H,27,30). The van der Waals surface area contributed by atoms with E-state index >= 15 is 0 Å². The van der Waals surface area contributed by atoms with Crippen molar-refractivity contribution in [3.8, 4) is 11.1 Å². The van der Waals surface area contributed by atoms with E-state index in [1.807, 2.05) is 42.5 Å². The van der Waals surface area contributed by atoms with E-state index in [-0.39, 0.29) is 11.7 Å². The zero-order valence-corrected chi connectivity index (χ0v) is 17.4. The van der Waals surface area contributed by atoms with Crippen molar-refractivity contribution in [2.45, 2.75) is 19.3 Å². The van der Waals surface area contributed by atoms with Crippen molar-refractivity contribution < 1.29 is 14.3 Å². The third kappa shape index (κ3) is 4.72. The van der Waals surface area contributed by atoms with E-state index < -0.39 is 6.09 Å². The third-order valence-electron chi connectivity index (χ3n) is 5.34. The van der Waals surface area contributed by atoms with Gasteiger partial charge in [-0.1, -0.05) is 60.7 Å². The number of rotatable bonds is 7. The number of benzene rings is 2. The van der Waals surface area contributed by atoms with Gasteiger partial charge in [0.15, 0.2) is 5.78 Å². The van der Waals surface area contributed by atoms with Gasteiger partial charge in [-0.25, -0.2) is 9.78 Å². The minimum Gasteiger partial charge on any atom is -0.449 e. The Morgan fingerprint density at radius 3 is 2.32 bits per heavy atom. The van der Waals surface area contributed by atoms with Gasteiger partial charge in [-0.05, 0) is 46.9 Å². The van der Waals surface area contributed by atoms with Gasteiger partial charge in [0.2, 0.25) is 0 Å². The average Bonchev–Trinajstić information content (AvgIpc) is 3.11. The molecule has 0 atom stereocenters. The molecule has 0 unspecified atom stereocenters. The van der Waals surface area contributed by atoms with Crippen LogP contribution in [0.2, 0.25) is 0 Å². The van der Waals surface area contributed by atoms with Crippen LogP contribution in [0.4, 0.5) is 4.79 Å². The highest BCUT2D eigenvalue weighted by Crippen LogP contribution is 2.44. The van der Waals surface area contributed by atoms with Gasteiger partial charge in [0.1, 0.15) is 12.3 Å². The molecular weight excluding hydrogens is 388 g/mol. The van der Waals surface area contributed by atoms with Crippen molar-refractivity contribution in [3.05, 3.63) is 95.3 Å². The van der Waals surface area contributed by atoms with E-state index in [1.54, 1.807) is 12.1 Å². The molecule has 0 aliphatic heterocycles. The number of hydrogen-bond donors (Lipinski definition) is 1. The van der Waals surface area contributed by atoms with E-state index in [0.717, 1.165) is 0 Å². The predicted octanol–water partition coefficient (Wildman–Crippen LogP) is 5.23. The normalized spacial score (nSPS) is 12.4. The molecule has 3 aromatic rings. The summed E-state index contributed by atoms with van der Waals surface area (Å²) in [5, 5.41) is 2.78. The molecule has 0 fully saturated rings. The van der Waals surface area contributed by atoms with Crippen molar-refractivity contribution in [2.24, 2.45) is 0 Å². The first-order chi connectivity index (χ1) is 15.1. The Kier molecular flexibility index (Phi) is 6.22. The van der Waals surface area contributed by atoms with Crippen molar-refractivity contribution >= 4 is 18.0 Å². The van der Waals surface area contributed by atoms with Crippen LogP contribution in [0.1, 0.15) is 46.6 Å². The SMILES string of the molecule is CC(=O)c1cccc(C=CCCNC(=O)OCC2c3ccccc3-c3ccccc32)n1. The van der Waals surface area contributed by atoms with Gasteiger partial charge in [-0.3, -0.25) is 4.79 Å². The van der Waals surface area contributed by atoms with Crippen LogP contribution < -0.4 is 5.32 Å². The Morgan fingerprint density at radius 1 is 0.968 bits per heavy atom. The smallest absolute Gasteiger partial charge is 0.407 e. The van der Waals surface area contributed by atoms with Gasteiger partial charge in [0.05, 0.1) is 5.69 Å². The fourth-order valence-corrected chi connectivity index (χ4v) is 3.85. The molecule has 1 amide bonds. The molecule has 156 valence electrons. The minimum absolute atomic E-state index is 0.0534. The number of aromatic nitrogens is 1. The first-order valence-electron chi connectivity index (χ1n) is 10.4. The molecule has 1 N–H and O–H groups in total. The largest absolute Gasteiger partial charge is 0.449 e. The maximum absolute atomic E-state index is 12.2. The molecule has 0 saturated heterocycles. The zero-order chi connectivity index (χ0) is 21.6. The number of ketones is 1. The van der Waals surface area contributed by atoms with Crippen molar-refractivity contribution in [1.29, 1.82) is 0 Å². The molecule has 0 radical (unpaired) electrons. The number of amides is 1. The molecule has 1 aliphatic rings. The highest BCUT2D eigenvalue weighted by molar-refractivity contribution is 5.92. The highest BCUT2D eigenvalue weighted by Gasteiger charge is 2.28. The Bertz CT molecular complexity index is 1090. The van der Waals surface area contributed by atoms with Crippen molar-refractivity contribution in [1.82, 2.24) is 10.3 Å². The van der Waals surface area contributed by atoms with Crippen LogP contribution in [0.25, 0.3) is 17.2 Å². The summed E-state index contributed by atoms with van der Waals surface area (Å²) in [7, 11) is 0. The number of carbonyl (C=O) groups is 2. The first-order valence-corrected chi connectivity index (χ1v) is 10.4. The lowest BCUT2D eigenvalue weighted by Gasteiger charge is -2.14. The summed E-state index contributed by atoms with van der Waals surface area (Å²) in [6.45, 7) is 2.26. The number of nitrogens with zero attached hydrogens (tertiary/aromatic N) is 1. The van der Waals surface area contributed by atoms with Gasteiger partial charge < -0.3 is 10.1 Å². The number of fused-ring (bicyclic) bond motifs is 3. The molecule has 31 heavy (non-hydrogen) atoms. The number of pyridine rings is 1. The summed E-state index contributed by atoms with van der Waals surface area (Å²) in [5.41, 5.74) is 5.96. The average molecular weight is 412 g/mol.